The summed E-state index contributed by atoms with van der Waals surface area (Å²) in [7, 11) is 0. The van der Waals surface area contributed by atoms with E-state index in [0.717, 1.165) is 30.0 Å². The number of benzene rings is 1. The van der Waals surface area contributed by atoms with Crippen LogP contribution in [0.2, 0.25) is 5.02 Å². The Hall–Kier alpha value is -0.570. The number of halogens is 1. The Bertz CT molecular complexity index is 382. The Labute approximate surface area is 121 Å². The first-order chi connectivity index (χ1) is 9.18. The van der Waals surface area contributed by atoms with Crippen LogP contribution in [0.1, 0.15) is 57.1 Å². The summed E-state index contributed by atoms with van der Waals surface area (Å²) >= 11 is 5.95. The highest BCUT2D eigenvalue weighted by atomic mass is 35.5. The molecule has 2 N–H and O–H groups in total. The van der Waals surface area contributed by atoms with Crippen LogP contribution in [0.5, 0.6) is 0 Å². The molecule has 3 heteroatoms. The van der Waals surface area contributed by atoms with Crippen molar-refractivity contribution < 1.29 is 4.74 Å². The Kier molecular flexibility index (Phi) is 5.26. The van der Waals surface area contributed by atoms with E-state index >= 15 is 0 Å². The minimum absolute atomic E-state index is 0.0668. The highest BCUT2D eigenvalue weighted by Gasteiger charge is 2.38. The minimum atomic E-state index is -0.195. The molecular formula is C16H24ClNO. The Morgan fingerprint density at radius 1 is 1.16 bits per heavy atom. The van der Waals surface area contributed by atoms with E-state index in [1.165, 1.54) is 25.7 Å². The maximum Gasteiger partial charge on any atom is 0.0874 e. The Morgan fingerprint density at radius 2 is 1.74 bits per heavy atom. The van der Waals surface area contributed by atoms with Crippen molar-refractivity contribution >= 4 is 11.6 Å². The van der Waals surface area contributed by atoms with E-state index in [4.69, 9.17) is 22.1 Å². The number of hydrogen-bond acceptors (Lipinski definition) is 2. The van der Waals surface area contributed by atoms with Gasteiger partial charge >= 0.3 is 0 Å². The van der Waals surface area contributed by atoms with Gasteiger partial charge in [-0.25, -0.2) is 0 Å². The molecule has 1 aromatic carbocycles. The zero-order valence-electron chi connectivity index (χ0n) is 11.7. The lowest BCUT2D eigenvalue weighted by Crippen LogP contribution is -2.43. The Balaban J connectivity index is 2.23. The summed E-state index contributed by atoms with van der Waals surface area (Å²) in [6.07, 6.45) is 7.13. The fourth-order valence-corrected chi connectivity index (χ4v) is 3.26. The molecular weight excluding hydrogens is 258 g/mol. The van der Waals surface area contributed by atoms with E-state index < -0.39 is 0 Å². The zero-order valence-corrected chi connectivity index (χ0v) is 12.5. The SMILES string of the molecule is CCOC1(C(N)c2ccc(Cl)cc2)CCCCCC1. The summed E-state index contributed by atoms with van der Waals surface area (Å²) in [5.41, 5.74) is 7.47. The van der Waals surface area contributed by atoms with E-state index in [-0.39, 0.29) is 11.6 Å². The van der Waals surface area contributed by atoms with Crippen LogP contribution in [0.3, 0.4) is 0 Å². The van der Waals surface area contributed by atoms with Gasteiger partial charge in [0.25, 0.3) is 0 Å². The zero-order chi connectivity index (χ0) is 13.7. The molecule has 1 atom stereocenters. The second kappa shape index (κ2) is 6.74. The van der Waals surface area contributed by atoms with Gasteiger partial charge in [-0.1, -0.05) is 49.4 Å². The molecule has 2 rings (SSSR count). The van der Waals surface area contributed by atoms with Gasteiger partial charge in [0.15, 0.2) is 0 Å². The largest absolute Gasteiger partial charge is 0.373 e. The van der Waals surface area contributed by atoms with Gasteiger partial charge in [0.2, 0.25) is 0 Å². The molecule has 1 aliphatic rings. The van der Waals surface area contributed by atoms with Gasteiger partial charge in [-0.05, 0) is 37.5 Å². The molecule has 0 spiro atoms. The molecule has 19 heavy (non-hydrogen) atoms. The maximum absolute atomic E-state index is 6.54. The van der Waals surface area contributed by atoms with E-state index in [1.807, 2.05) is 24.3 Å². The second-order valence-corrected chi connectivity index (χ2v) is 5.88. The van der Waals surface area contributed by atoms with Crippen LogP contribution in [0.25, 0.3) is 0 Å². The van der Waals surface area contributed by atoms with Crippen LogP contribution in [0.4, 0.5) is 0 Å². The normalized spacial score (nSPS) is 20.8. The van der Waals surface area contributed by atoms with E-state index in [2.05, 4.69) is 6.92 Å². The standard InChI is InChI=1S/C16H24ClNO/c1-2-19-16(11-5-3-4-6-12-16)15(18)13-7-9-14(17)10-8-13/h7-10,15H,2-6,11-12,18H2,1H3. The molecule has 1 aliphatic carbocycles. The first-order valence-corrected chi connectivity index (χ1v) is 7.71. The number of hydrogen-bond donors (Lipinski definition) is 1. The molecule has 1 aromatic rings. The van der Waals surface area contributed by atoms with Crippen molar-refractivity contribution in [1.29, 1.82) is 0 Å². The van der Waals surface area contributed by atoms with Crippen LogP contribution in [0, 0.1) is 0 Å². The van der Waals surface area contributed by atoms with Crippen LogP contribution in [0.15, 0.2) is 24.3 Å². The molecule has 0 heterocycles. The molecule has 1 unspecified atom stereocenters. The van der Waals surface area contributed by atoms with Gasteiger partial charge in [-0.15, -0.1) is 0 Å². The highest BCUT2D eigenvalue weighted by molar-refractivity contribution is 6.30. The average Bonchev–Trinajstić information content (AvgIpc) is 2.66. The van der Waals surface area contributed by atoms with Crippen LogP contribution >= 0.6 is 11.6 Å². The molecule has 0 radical (unpaired) electrons. The quantitative estimate of drug-likeness (QED) is 0.827. The summed E-state index contributed by atoms with van der Waals surface area (Å²) < 4.78 is 6.14. The number of nitrogens with two attached hydrogens (primary N) is 1. The number of ether oxygens (including phenoxy) is 1. The second-order valence-electron chi connectivity index (χ2n) is 5.44. The van der Waals surface area contributed by atoms with Crippen molar-refractivity contribution in [3.63, 3.8) is 0 Å². The predicted molar refractivity (Wildman–Crippen MR) is 80.4 cm³/mol. The lowest BCUT2D eigenvalue weighted by atomic mass is 9.82. The average molecular weight is 282 g/mol. The fraction of sp³-hybridized carbons (Fsp3) is 0.625. The van der Waals surface area contributed by atoms with Crippen molar-refractivity contribution in [2.45, 2.75) is 57.1 Å². The monoisotopic (exact) mass is 281 g/mol. The van der Waals surface area contributed by atoms with Crippen LogP contribution < -0.4 is 5.73 Å². The van der Waals surface area contributed by atoms with Crippen LogP contribution in [-0.4, -0.2) is 12.2 Å². The highest BCUT2D eigenvalue weighted by Crippen LogP contribution is 2.39. The molecule has 2 nitrogen and oxygen atoms in total. The third kappa shape index (κ3) is 3.50. The molecule has 1 saturated carbocycles. The third-order valence-electron chi connectivity index (χ3n) is 4.18. The lowest BCUT2D eigenvalue weighted by Gasteiger charge is -2.38. The Morgan fingerprint density at radius 3 is 2.26 bits per heavy atom. The van der Waals surface area contributed by atoms with Crippen molar-refractivity contribution in [2.75, 3.05) is 6.61 Å². The van der Waals surface area contributed by atoms with Crippen LogP contribution in [-0.2, 0) is 4.74 Å². The summed E-state index contributed by atoms with van der Waals surface area (Å²) in [6, 6.07) is 7.81. The van der Waals surface area contributed by atoms with E-state index in [1.54, 1.807) is 0 Å². The minimum Gasteiger partial charge on any atom is -0.373 e. The van der Waals surface area contributed by atoms with Crippen molar-refractivity contribution in [3.05, 3.63) is 34.9 Å². The molecule has 106 valence electrons. The topological polar surface area (TPSA) is 35.2 Å². The maximum atomic E-state index is 6.54. The smallest absolute Gasteiger partial charge is 0.0874 e. The lowest BCUT2D eigenvalue weighted by molar-refractivity contribution is -0.0695. The molecule has 0 saturated heterocycles. The molecule has 1 fully saturated rings. The van der Waals surface area contributed by atoms with Gasteiger partial charge in [0.05, 0.1) is 11.6 Å². The third-order valence-corrected chi connectivity index (χ3v) is 4.43. The van der Waals surface area contributed by atoms with Crippen molar-refractivity contribution in [1.82, 2.24) is 0 Å². The van der Waals surface area contributed by atoms with Gasteiger partial charge in [0.1, 0.15) is 0 Å². The van der Waals surface area contributed by atoms with Gasteiger partial charge in [0, 0.05) is 11.6 Å². The van der Waals surface area contributed by atoms with Crippen molar-refractivity contribution in [3.8, 4) is 0 Å². The first kappa shape index (κ1) is 14.8. The molecule has 0 amide bonds. The summed E-state index contributed by atoms with van der Waals surface area (Å²) in [5.74, 6) is 0. The summed E-state index contributed by atoms with van der Waals surface area (Å²) in [6.45, 7) is 2.78. The van der Waals surface area contributed by atoms with Gasteiger partial charge < -0.3 is 10.5 Å². The van der Waals surface area contributed by atoms with Gasteiger partial charge in [-0.2, -0.15) is 0 Å². The van der Waals surface area contributed by atoms with E-state index in [0.29, 0.717) is 0 Å². The van der Waals surface area contributed by atoms with E-state index in [9.17, 15) is 0 Å². The summed E-state index contributed by atoms with van der Waals surface area (Å²) in [4.78, 5) is 0. The predicted octanol–water partition coefficient (Wildman–Crippen LogP) is 4.47. The fourth-order valence-electron chi connectivity index (χ4n) is 3.13. The summed E-state index contributed by atoms with van der Waals surface area (Å²) in [5, 5.41) is 0.752. The molecule has 0 aliphatic heterocycles. The number of rotatable bonds is 4. The first-order valence-electron chi connectivity index (χ1n) is 7.33. The van der Waals surface area contributed by atoms with Crippen molar-refractivity contribution in [2.24, 2.45) is 5.73 Å². The molecule has 0 aromatic heterocycles. The van der Waals surface area contributed by atoms with Gasteiger partial charge in [-0.3, -0.25) is 0 Å². The molecule has 0 bridgehead atoms.